The van der Waals surface area contributed by atoms with Gasteiger partial charge in [0, 0.05) is 6.54 Å². The minimum atomic E-state index is -0.995. The van der Waals surface area contributed by atoms with E-state index in [1.807, 2.05) is 37.2 Å². The second-order valence-corrected chi connectivity index (χ2v) is 4.10. The molecule has 1 atom stereocenters. The Balaban J connectivity index is 2.77. The molecule has 0 heterocycles. The van der Waals surface area contributed by atoms with Gasteiger partial charge in [-0.2, -0.15) is 0 Å². The molecular formula is C12H17NO3. The number of aliphatic carboxylic acids is 1. The summed E-state index contributed by atoms with van der Waals surface area (Å²) >= 11 is 0. The fourth-order valence-electron chi connectivity index (χ4n) is 1.55. The number of carboxylic acids is 1. The van der Waals surface area contributed by atoms with E-state index in [4.69, 9.17) is 5.11 Å². The lowest BCUT2D eigenvalue weighted by molar-refractivity contribution is -0.139. The maximum atomic E-state index is 10.5. The highest BCUT2D eigenvalue weighted by Gasteiger charge is 2.12. The summed E-state index contributed by atoms with van der Waals surface area (Å²) in [5.74, 6) is -0.995. The summed E-state index contributed by atoms with van der Waals surface area (Å²) < 4.78 is 0. The van der Waals surface area contributed by atoms with E-state index in [0.29, 0.717) is 5.56 Å². The van der Waals surface area contributed by atoms with E-state index in [1.54, 1.807) is 6.07 Å². The normalized spacial score (nSPS) is 12.8. The van der Waals surface area contributed by atoms with Crippen LogP contribution in [0.3, 0.4) is 0 Å². The maximum absolute atomic E-state index is 10.5. The van der Waals surface area contributed by atoms with Crippen LogP contribution in [0.15, 0.2) is 24.3 Å². The highest BCUT2D eigenvalue weighted by molar-refractivity contribution is 5.67. The molecule has 88 valence electrons. The molecule has 0 spiro atoms. The van der Waals surface area contributed by atoms with Gasteiger partial charge in [0.2, 0.25) is 0 Å². The molecule has 0 aliphatic carbocycles. The number of aliphatic hydroxyl groups is 1. The second-order valence-electron chi connectivity index (χ2n) is 4.10. The zero-order chi connectivity index (χ0) is 12.1. The smallest absolute Gasteiger partial charge is 0.306 e. The molecule has 0 aliphatic rings. The summed E-state index contributed by atoms with van der Waals surface area (Å²) in [6.45, 7) is 0.771. The van der Waals surface area contributed by atoms with Crippen LogP contribution in [-0.4, -0.2) is 35.2 Å². The van der Waals surface area contributed by atoms with E-state index in [9.17, 15) is 9.90 Å². The van der Waals surface area contributed by atoms with E-state index >= 15 is 0 Å². The first-order chi connectivity index (χ1) is 7.49. The second kappa shape index (κ2) is 5.63. The van der Waals surface area contributed by atoms with Crippen molar-refractivity contribution in [1.82, 2.24) is 4.90 Å². The third-order valence-corrected chi connectivity index (χ3v) is 2.20. The van der Waals surface area contributed by atoms with E-state index in [0.717, 1.165) is 12.1 Å². The lowest BCUT2D eigenvalue weighted by Crippen LogP contribution is -2.11. The molecular weight excluding hydrogens is 206 g/mol. The van der Waals surface area contributed by atoms with Crippen LogP contribution in [0.2, 0.25) is 0 Å². The zero-order valence-electron chi connectivity index (χ0n) is 9.55. The molecule has 0 radical (unpaired) electrons. The summed E-state index contributed by atoms with van der Waals surface area (Å²) in [5, 5.41) is 18.2. The van der Waals surface area contributed by atoms with Crippen LogP contribution in [0, 0.1) is 0 Å². The van der Waals surface area contributed by atoms with Crippen molar-refractivity contribution in [1.29, 1.82) is 0 Å². The molecule has 0 aromatic heterocycles. The molecule has 1 aromatic rings. The van der Waals surface area contributed by atoms with Gasteiger partial charge in [-0.15, -0.1) is 0 Å². The quantitative estimate of drug-likeness (QED) is 0.788. The van der Waals surface area contributed by atoms with Gasteiger partial charge in [0.15, 0.2) is 0 Å². The van der Waals surface area contributed by atoms with Crippen LogP contribution in [-0.2, 0) is 11.3 Å². The average molecular weight is 223 g/mol. The van der Waals surface area contributed by atoms with Gasteiger partial charge in [0.25, 0.3) is 0 Å². The highest BCUT2D eigenvalue weighted by Crippen LogP contribution is 2.18. The summed E-state index contributed by atoms with van der Waals surface area (Å²) in [6.07, 6.45) is -1.19. The highest BCUT2D eigenvalue weighted by atomic mass is 16.4. The number of carboxylic acid groups (broad SMARTS) is 1. The van der Waals surface area contributed by atoms with Crippen LogP contribution in [0.25, 0.3) is 0 Å². The van der Waals surface area contributed by atoms with Crippen molar-refractivity contribution in [3.63, 3.8) is 0 Å². The Kier molecular flexibility index (Phi) is 4.46. The number of benzene rings is 1. The van der Waals surface area contributed by atoms with Crippen molar-refractivity contribution < 1.29 is 15.0 Å². The van der Waals surface area contributed by atoms with Crippen molar-refractivity contribution in [2.24, 2.45) is 0 Å². The van der Waals surface area contributed by atoms with Gasteiger partial charge in [0.1, 0.15) is 0 Å². The molecule has 0 fully saturated rings. The van der Waals surface area contributed by atoms with E-state index < -0.39 is 12.1 Å². The number of carbonyl (C=O) groups is 1. The SMILES string of the molecule is CN(C)Cc1cccc(C(O)CC(=O)O)c1. The molecule has 2 N–H and O–H groups in total. The lowest BCUT2D eigenvalue weighted by atomic mass is 10.0. The number of hydrogen-bond donors (Lipinski definition) is 2. The number of rotatable bonds is 5. The molecule has 4 heteroatoms. The Morgan fingerprint density at radius 2 is 2.12 bits per heavy atom. The molecule has 4 nitrogen and oxygen atoms in total. The van der Waals surface area contributed by atoms with Crippen LogP contribution in [0.1, 0.15) is 23.7 Å². The molecule has 0 aliphatic heterocycles. The standard InChI is InChI=1S/C12H17NO3/c1-13(2)8-9-4-3-5-10(6-9)11(14)7-12(15)16/h3-6,11,14H,7-8H2,1-2H3,(H,15,16). The largest absolute Gasteiger partial charge is 0.481 e. The Hall–Kier alpha value is -1.39. The predicted molar refractivity (Wildman–Crippen MR) is 61.0 cm³/mol. The van der Waals surface area contributed by atoms with Crippen LogP contribution < -0.4 is 0 Å². The first kappa shape index (κ1) is 12.7. The van der Waals surface area contributed by atoms with Gasteiger partial charge in [0.05, 0.1) is 12.5 Å². The zero-order valence-corrected chi connectivity index (χ0v) is 9.55. The van der Waals surface area contributed by atoms with Gasteiger partial charge in [-0.05, 0) is 25.2 Å². The van der Waals surface area contributed by atoms with Gasteiger partial charge in [-0.1, -0.05) is 24.3 Å². The van der Waals surface area contributed by atoms with Gasteiger partial charge in [-0.3, -0.25) is 4.79 Å². The summed E-state index contributed by atoms with van der Waals surface area (Å²) in [6, 6.07) is 7.37. The first-order valence-electron chi connectivity index (χ1n) is 5.12. The van der Waals surface area contributed by atoms with Gasteiger partial charge >= 0.3 is 5.97 Å². The molecule has 1 unspecified atom stereocenters. The van der Waals surface area contributed by atoms with Crippen molar-refractivity contribution in [3.8, 4) is 0 Å². The van der Waals surface area contributed by atoms with Crippen molar-refractivity contribution in [2.75, 3.05) is 14.1 Å². The molecule has 1 rings (SSSR count). The summed E-state index contributed by atoms with van der Waals surface area (Å²) in [4.78, 5) is 12.5. The third-order valence-electron chi connectivity index (χ3n) is 2.20. The summed E-state index contributed by atoms with van der Waals surface area (Å²) in [5.41, 5.74) is 1.72. The number of hydrogen-bond acceptors (Lipinski definition) is 3. The Morgan fingerprint density at radius 3 is 2.69 bits per heavy atom. The van der Waals surface area contributed by atoms with Crippen LogP contribution in [0.5, 0.6) is 0 Å². The molecule has 0 bridgehead atoms. The topological polar surface area (TPSA) is 60.8 Å². The van der Waals surface area contributed by atoms with E-state index in [2.05, 4.69) is 0 Å². The number of nitrogens with zero attached hydrogens (tertiary/aromatic N) is 1. The minimum Gasteiger partial charge on any atom is -0.481 e. The molecule has 0 amide bonds. The van der Waals surface area contributed by atoms with Gasteiger partial charge in [-0.25, -0.2) is 0 Å². The molecule has 16 heavy (non-hydrogen) atoms. The monoisotopic (exact) mass is 223 g/mol. The Bertz CT molecular complexity index is 363. The fourth-order valence-corrected chi connectivity index (χ4v) is 1.55. The molecule has 1 aromatic carbocycles. The Labute approximate surface area is 95.1 Å². The number of aliphatic hydroxyl groups excluding tert-OH is 1. The maximum Gasteiger partial charge on any atom is 0.306 e. The van der Waals surface area contributed by atoms with Crippen molar-refractivity contribution in [3.05, 3.63) is 35.4 Å². The lowest BCUT2D eigenvalue weighted by Gasteiger charge is -2.13. The minimum absolute atomic E-state index is 0.259. The fraction of sp³-hybridized carbons (Fsp3) is 0.417. The van der Waals surface area contributed by atoms with Crippen molar-refractivity contribution in [2.45, 2.75) is 19.1 Å². The third kappa shape index (κ3) is 4.00. The average Bonchev–Trinajstić information content (AvgIpc) is 2.16. The molecule has 0 saturated carbocycles. The molecule has 0 saturated heterocycles. The predicted octanol–water partition coefficient (Wildman–Crippen LogP) is 1.26. The Morgan fingerprint density at radius 1 is 1.44 bits per heavy atom. The van der Waals surface area contributed by atoms with Gasteiger partial charge < -0.3 is 15.1 Å². The van der Waals surface area contributed by atoms with E-state index in [-0.39, 0.29) is 6.42 Å². The first-order valence-corrected chi connectivity index (χ1v) is 5.12. The van der Waals surface area contributed by atoms with Crippen molar-refractivity contribution >= 4 is 5.97 Å². The van der Waals surface area contributed by atoms with Crippen LogP contribution in [0.4, 0.5) is 0 Å². The summed E-state index contributed by atoms with van der Waals surface area (Å²) in [7, 11) is 3.92. The van der Waals surface area contributed by atoms with E-state index in [1.165, 1.54) is 0 Å². The van der Waals surface area contributed by atoms with Crippen LogP contribution >= 0.6 is 0 Å².